The van der Waals surface area contributed by atoms with Crippen LogP contribution in [0.4, 0.5) is 5.82 Å². The zero-order chi connectivity index (χ0) is 12.6. The van der Waals surface area contributed by atoms with Gasteiger partial charge in [-0.1, -0.05) is 11.6 Å². The molecule has 0 spiro atoms. The highest BCUT2D eigenvalue weighted by molar-refractivity contribution is 9.10. The number of fused-ring (bicyclic) bond motifs is 1. The van der Waals surface area contributed by atoms with Gasteiger partial charge in [0.1, 0.15) is 11.4 Å². The van der Waals surface area contributed by atoms with Gasteiger partial charge < -0.3 is 15.5 Å². The van der Waals surface area contributed by atoms with Gasteiger partial charge in [0.05, 0.1) is 11.6 Å². The summed E-state index contributed by atoms with van der Waals surface area (Å²) < 4.78 is 5.66. The van der Waals surface area contributed by atoms with Gasteiger partial charge in [-0.2, -0.15) is 0 Å². The number of carbonyl (C=O) groups is 1. The third kappa shape index (κ3) is 2.12. The molecule has 3 N–H and O–H groups in total. The summed E-state index contributed by atoms with van der Waals surface area (Å²) in [5.41, 5.74) is 6.82. The van der Waals surface area contributed by atoms with Crippen molar-refractivity contribution in [2.45, 2.75) is 6.92 Å². The maximum atomic E-state index is 11.8. The Kier molecular flexibility index (Phi) is 3.31. The van der Waals surface area contributed by atoms with Crippen LogP contribution in [0.2, 0.25) is 5.02 Å². The highest BCUT2D eigenvalue weighted by Crippen LogP contribution is 2.32. The number of carbonyl (C=O) groups excluding carboxylic acids is 1. The molecule has 0 bridgehead atoms. The smallest absolute Gasteiger partial charge is 0.342 e. The third-order valence-corrected chi connectivity index (χ3v) is 3.55. The average molecular weight is 318 g/mol. The Morgan fingerprint density at radius 2 is 2.29 bits per heavy atom. The lowest BCUT2D eigenvalue weighted by atomic mass is 10.1. The fourth-order valence-corrected chi connectivity index (χ4v) is 2.14. The van der Waals surface area contributed by atoms with E-state index in [2.05, 4.69) is 20.9 Å². The van der Waals surface area contributed by atoms with Gasteiger partial charge in [-0.05, 0) is 35.0 Å². The van der Waals surface area contributed by atoms with Crippen molar-refractivity contribution in [3.8, 4) is 0 Å². The molecule has 2 aromatic rings. The van der Waals surface area contributed by atoms with Crippen molar-refractivity contribution in [2.75, 3.05) is 12.3 Å². The normalized spacial score (nSPS) is 10.8. The summed E-state index contributed by atoms with van der Waals surface area (Å²) in [4.78, 5) is 14.7. The third-order valence-electron chi connectivity index (χ3n) is 2.35. The molecule has 0 amide bonds. The second-order valence-electron chi connectivity index (χ2n) is 3.45. The predicted molar refractivity (Wildman–Crippen MR) is 71.4 cm³/mol. The molecule has 90 valence electrons. The number of hydrogen-bond donors (Lipinski definition) is 2. The summed E-state index contributed by atoms with van der Waals surface area (Å²) in [5.74, 6) is -0.155. The maximum absolute atomic E-state index is 11.8. The van der Waals surface area contributed by atoms with Crippen LogP contribution in [0, 0.1) is 0 Å². The molecule has 0 saturated heterocycles. The largest absolute Gasteiger partial charge is 0.462 e. The fraction of sp³-hybridized carbons (Fsp3) is 0.182. The fourth-order valence-electron chi connectivity index (χ4n) is 1.63. The van der Waals surface area contributed by atoms with E-state index in [0.717, 1.165) is 0 Å². The summed E-state index contributed by atoms with van der Waals surface area (Å²) in [6, 6.07) is 3.46. The standard InChI is InChI=1S/C11H10BrClN2O2/c1-2-17-11(16)9-5-3-6(12)7(13)4-8(5)15-10(9)14/h3-4,15H,2,14H2,1H3. The van der Waals surface area contributed by atoms with Gasteiger partial charge in [-0.25, -0.2) is 4.79 Å². The number of aromatic amines is 1. The predicted octanol–water partition coefficient (Wildman–Crippen LogP) is 3.34. The first-order valence-electron chi connectivity index (χ1n) is 4.98. The molecule has 1 aromatic heterocycles. The molecular formula is C11H10BrClN2O2. The SMILES string of the molecule is CCOC(=O)c1c(N)[nH]c2cc(Cl)c(Br)cc12. The van der Waals surface area contributed by atoms with E-state index in [0.29, 0.717) is 32.6 Å². The summed E-state index contributed by atoms with van der Waals surface area (Å²) in [5, 5.41) is 1.24. The van der Waals surface area contributed by atoms with Crippen LogP contribution in [0.3, 0.4) is 0 Å². The van der Waals surface area contributed by atoms with Gasteiger partial charge in [0, 0.05) is 15.4 Å². The Labute approximate surface area is 111 Å². The second kappa shape index (κ2) is 4.58. The Balaban J connectivity index is 2.66. The van der Waals surface area contributed by atoms with Crippen molar-refractivity contribution in [3.63, 3.8) is 0 Å². The number of H-pyrrole nitrogens is 1. The number of nitrogens with one attached hydrogen (secondary N) is 1. The number of esters is 1. The zero-order valence-electron chi connectivity index (χ0n) is 9.01. The molecule has 0 aliphatic rings. The van der Waals surface area contributed by atoms with Gasteiger partial charge in [0.15, 0.2) is 0 Å². The first-order chi connectivity index (χ1) is 8.04. The van der Waals surface area contributed by atoms with E-state index in [4.69, 9.17) is 22.1 Å². The van der Waals surface area contributed by atoms with Crippen LogP contribution < -0.4 is 5.73 Å². The van der Waals surface area contributed by atoms with Gasteiger partial charge in [0.2, 0.25) is 0 Å². The van der Waals surface area contributed by atoms with E-state index < -0.39 is 5.97 Å². The topological polar surface area (TPSA) is 68.1 Å². The minimum Gasteiger partial charge on any atom is -0.462 e. The minimum atomic E-state index is -0.439. The number of nitrogens with two attached hydrogens (primary N) is 1. The highest BCUT2D eigenvalue weighted by Gasteiger charge is 2.18. The average Bonchev–Trinajstić information content (AvgIpc) is 2.55. The minimum absolute atomic E-state index is 0.285. The van der Waals surface area contributed by atoms with Crippen molar-refractivity contribution in [1.82, 2.24) is 4.98 Å². The number of halogens is 2. The van der Waals surface area contributed by atoms with E-state index in [1.165, 1.54) is 0 Å². The number of aromatic nitrogens is 1. The molecule has 0 aliphatic carbocycles. The highest BCUT2D eigenvalue weighted by atomic mass is 79.9. The van der Waals surface area contributed by atoms with Gasteiger partial charge in [0.25, 0.3) is 0 Å². The van der Waals surface area contributed by atoms with Crippen LogP contribution >= 0.6 is 27.5 Å². The van der Waals surface area contributed by atoms with E-state index in [9.17, 15) is 4.79 Å². The first-order valence-corrected chi connectivity index (χ1v) is 6.15. The molecule has 17 heavy (non-hydrogen) atoms. The molecule has 0 saturated carbocycles. The van der Waals surface area contributed by atoms with Crippen LogP contribution in [0.15, 0.2) is 16.6 Å². The van der Waals surface area contributed by atoms with E-state index >= 15 is 0 Å². The zero-order valence-corrected chi connectivity index (χ0v) is 11.4. The number of rotatable bonds is 2. The second-order valence-corrected chi connectivity index (χ2v) is 4.71. The molecule has 0 aliphatic heterocycles. The summed E-state index contributed by atoms with van der Waals surface area (Å²) in [6.07, 6.45) is 0. The number of ether oxygens (including phenoxy) is 1. The number of nitrogen functional groups attached to an aromatic ring is 1. The van der Waals surface area contributed by atoms with Crippen molar-refractivity contribution in [2.24, 2.45) is 0 Å². The molecule has 0 radical (unpaired) electrons. The molecule has 0 unspecified atom stereocenters. The summed E-state index contributed by atoms with van der Waals surface area (Å²) in [7, 11) is 0. The van der Waals surface area contributed by atoms with Crippen LogP contribution in [0.5, 0.6) is 0 Å². The molecule has 0 fully saturated rings. The van der Waals surface area contributed by atoms with Crippen molar-refractivity contribution in [3.05, 3.63) is 27.2 Å². The molecule has 2 rings (SSSR count). The Hall–Kier alpha value is -1.20. The monoisotopic (exact) mass is 316 g/mol. The summed E-state index contributed by atoms with van der Waals surface area (Å²) in [6.45, 7) is 2.05. The lowest BCUT2D eigenvalue weighted by Crippen LogP contribution is -2.06. The van der Waals surface area contributed by atoms with E-state index in [-0.39, 0.29) is 5.82 Å². The molecule has 6 heteroatoms. The van der Waals surface area contributed by atoms with Crippen molar-refractivity contribution < 1.29 is 9.53 Å². The van der Waals surface area contributed by atoms with Crippen LogP contribution in [0.25, 0.3) is 10.9 Å². The van der Waals surface area contributed by atoms with E-state index in [1.54, 1.807) is 19.1 Å². The molecule has 1 heterocycles. The van der Waals surface area contributed by atoms with Gasteiger partial charge >= 0.3 is 5.97 Å². The van der Waals surface area contributed by atoms with Crippen LogP contribution in [-0.2, 0) is 4.74 Å². The Morgan fingerprint density at radius 1 is 1.59 bits per heavy atom. The van der Waals surface area contributed by atoms with Crippen molar-refractivity contribution in [1.29, 1.82) is 0 Å². The summed E-state index contributed by atoms with van der Waals surface area (Å²) >= 11 is 9.28. The number of anilines is 1. The lowest BCUT2D eigenvalue weighted by Gasteiger charge is -2.01. The molecule has 0 atom stereocenters. The molecular weight excluding hydrogens is 307 g/mol. The van der Waals surface area contributed by atoms with E-state index in [1.807, 2.05) is 0 Å². The van der Waals surface area contributed by atoms with Crippen molar-refractivity contribution >= 4 is 50.2 Å². The van der Waals surface area contributed by atoms with Crippen LogP contribution in [0.1, 0.15) is 17.3 Å². The van der Waals surface area contributed by atoms with Gasteiger partial charge in [-0.15, -0.1) is 0 Å². The Bertz CT molecular complexity index is 595. The number of benzene rings is 1. The van der Waals surface area contributed by atoms with Crippen LogP contribution in [-0.4, -0.2) is 17.6 Å². The molecule has 1 aromatic carbocycles. The van der Waals surface area contributed by atoms with Gasteiger partial charge in [-0.3, -0.25) is 0 Å². The lowest BCUT2D eigenvalue weighted by molar-refractivity contribution is 0.0530. The Morgan fingerprint density at radius 3 is 2.94 bits per heavy atom. The first kappa shape index (κ1) is 12.3. The number of hydrogen-bond acceptors (Lipinski definition) is 3. The maximum Gasteiger partial charge on any atom is 0.342 e. The molecule has 4 nitrogen and oxygen atoms in total. The quantitative estimate of drug-likeness (QED) is 0.835.